The van der Waals surface area contributed by atoms with Gasteiger partial charge in [0.25, 0.3) is 0 Å². The molecule has 3 aliphatic heterocycles. The lowest BCUT2D eigenvalue weighted by molar-refractivity contribution is -0.363. The van der Waals surface area contributed by atoms with Crippen molar-refractivity contribution in [3.63, 3.8) is 0 Å². The maximum Gasteiger partial charge on any atom is 0.305 e. The van der Waals surface area contributed by atoms with Gasteiger partial charge in [-0.1, -0.05) is 25.7 Å². The minimum Gasteiger partial charge on any atom is -0.469 e. The molecule has 19 nitrogen and oxygen atoms in total. The number of aliphatic hydroxyl groups is 9. The number of rotatable bonds is 18. The number of esters is 1. The molecule has 0 bridgehead atoms. The van der Waals surface area contributed by atoms with Crippen LogP contribution < -0.4 is 5.32 Å². The molecule has 3 rings (SSSR count). The second kappa shape index (κ2) is 20.4. The molecule has 10 N–H and O–H groups in total. The Hall–Kier alpha value is -1.66. The molecule has 0 saturated carbocycles. The SMILES string of the molecule is COC(=O)CCCCCCCCO[C@H]1O[C@H](CO[C@H]2O[C@H](CO)[C@@H](O)[C@H](O)[C@H]2O[C@@H]2O[C@H](CO)[C@@H](O)[C@H](O)[C@H]2NC(C)=O)[C@@H](O)[C@H](O)[C@H]1O. The monoisotopic (exact) mass is 715 g/mol. The number of amides is 1. The van der Waals surface area contributed by atoms with Crippen molar-refractivity contribution < 1.29 is 88.7 Å². The van der Waals surface area contributed by atoms with E-state index in [-0.39, 0.29) is 12.6 Å². The average molecular weight is 716 g/mol. The minimum atomic E-state index is -1.82. The van der Waals surface area contributed by atoms with E-state index >= 15 is 0 Å². The summed E-state index contributed by atoms with van der Waals surface area (Å²) in [7, 11) is 1.35. The highest BCUT2D eigenvalue weighted by Gasteiger charge is 2.52. The molecular formula is C30H53NO18. The highest BCUT2D eigenvalue weighted by atomic mass is 16.8. The first-order valence-corrected chi connectivity index (χ1v) is 16.5. The van der Waals surface area contributed by atoms with E-state index in [4.69, 9.17) is 28.4 Å². The van der Waals surface area contributed by atoms with Crippen LogP contribution in [0.5, 0.6) is 0 Å². The molecule has 286 valence electrons. The van der Waals surface area contributed by atoms with Crippen LogP contribution in [0.4, 0.5) is 0 Å². The molecule has 3 fully saturated rings. The zero-order chi connectivity index (χ0) is 36.2. The fourth-order valence-electron chi connectivity index (χ4n) is 5.84. The number of ether oxygens (including phenoxy) is 7. The molecule has 0 spiro atoms. The van der Waals surface area contributed by atoms with Crippen molar-refractivity contribution in [3.05, 3.63) is 0 Å². The van der Waals surface area contributed by atoms with E-state index in [2.05, 4.69) is 10.1 Å². The number of methoxy groups -OCH3 is 1. The van der Waals surface area contributed by atoms with Crippen LogP contribution in [0.1, 0.15) is 51.9 Å². The molecule has 0 radical (unpaired) electrons. The van der Waals surface area contributed by atoms with Gasteiger partial charge >= 0.3 is 5.97 Å². The Labute approximate surface area is 283 Å². The number of aliphatic hydroxyl groups excluding tert-OH is 9. The van der Waals surface area contributed by atoms with Crippen LogP contribution in [0.3, 0.4) is 0 Å². The number of carbonyl (C=O) groups is 2. The van der Waals surface area contributed by atoms with Crippen LogP contribution in [0.25, 0.3) is 0 Å². The number of nitrogens with one attached hydrogen (secondary N) is 1. The standard InChI is InChI=1S/C30H53NO18/c1-14(34)31-19-23(39)20(36)15(11-32)46-28(19)49-27-25(41)21(37)16(12-33)47-30(27)45-13-17-22(38)24(40)26(42)29(48-17)44-10-8-6-4-3-5-7-9-18(35)43-2/h15-17,19-30,32-33,36-42H,3-13H2,1-2H3,(H,31,34)/t15-,16-,17-,19-,20-,21-,22-,23-,24+,25+,26-,27-,28+,29+,30+/m1/s1. The number of unbranched alkanes of at least 4 members (excludes halogenated alkanes) is 5. The first kappa shape index (κ1) is 41.8. The van der Waals surface area contributed by atoms with E-state index in [1.165, 1.54) is 7.11 Å². The van der Waals surface area contributed by atoms with E-state index in [0.29, 0.717) is 12.8 Å². The molecular weight excluding hydrogens is 662 g/mol. The molecule has 1 amide bonds. The molecule has 15 atom stereocenters. The Morgan fingerprint density at radius 3 is 1.80 bits per heavy atom. The van der Waals surface area contributed by atoms with Gasteiger partial charge in [-0.25, -0.2) is 0 Å². The van der Waals surface area contributed by atoms with E-state index < -0.39 is 118 Å². The molecule has 0 aromatic heterocycles. The fourth-order valence-corrected chi connectivity index (χ4v) is 5.84. The van der Waals surface area contributed by atoms with E-state index in [1.807, 2.05) is 0 Å². The lowest BCUT2D eigenvalue weighted by Crippen LogP contribution is -2.67. The van der Waals surface area contributed by atoms with Gasteiger partial charge < -0.3 is 84.4 Å². The minimum absolute atomic E-state index is 0.163. The number of hydrogen-bond donors (Lipinski definition) is 10. The van der Waals surface area contributed by atoms with Gasteiger partial charge in [-0.3, -0.25) is 9.59 Å². The second-order valence-electron chi connectivity index (χ2n) is 12.4. The average Bonchev–Trinajstić information content (AvgIpc) is 3.08. The molecule has 0 aliphatic carbocycles. The van der Waals surface area contributed by atoms with Gasteiger partial charge in [0.1, 0.15) is 73.2 Å². The Morgan fingerprint density at radius 2 is 1.18 bits per heavy atom. The Balaban J connectivity index is 1.61. The topological polar surface area (TPSA) is 293 Å². The molecule has 0 unspecified atom stereocenters. The summed E-state index contributed by atoms with van der Waals surface area (Å²) in [6.45, 7) is -0.770. The maximum atomic E-state index is 11.8. The predicted octanol–water partition coefficient (Wildman–Crippen LogP) is -4.50. The number of hydrogen-bond acceptors (Lipinski definition) is 18. The lowest BCUT2D eigenvalue weighted by atomic mass is 9.95. The first-order chi connectivity index (χ1) is 23.3. The van der Waals surface area contributed by atoms with Crippen LogP contribution in [0.15, 0.2) is 0 Å². The third kappa shape index (κ3) is 11.4. The highest BCUT2D eigenvalue weighted by Crippen LogP contribution is 2.31. The molecule has 3 saturated heterocycles. The van der Waals surface area contributed by atoms with Crippen LogP contribution in [-0.2, 0) is 42.7 Å². The van der Waals surface area contributed by atoms with Crippen molar-refractivity contribution in [1.82, 2.24) is 5.32 Å². The number of carbonyl (C=O) groups excluding carboxylic acids is 2. The second-order valence-corrected chi connectivity index (χ2v) is 12.4. The molecule has 3 aliphatic rings. The van der Waals surface area contributed by atoms with Crippen molar-refractivity contribution >= 4 is 11.9 Å². The van der Waals surface area contributed by atoms with Gasteiger partial charge in [0.15, 0.2) is 18.9 Å². The quantitative estimate of drug-likeness (QED) is 0.0472. The Kier molecular flexibility index (Phi) is 17.4. The Morgan fingerprint density at radius 1 is 0.633 bits per heavy atom. The van der Waals surface area contributed by atoms with Crippen molar-refractivity contribution in [3.8, 4) is 0 Å². The summed E-state index contributed by atoms with van der Waals surface area (Å²) in [4.78, 5) is 23.0. The van der Waals surface area contributed by atoms with Crippen molar-refractivity contribution in [2.24, 2.45) is 0 Å². The summed E-state index contributed by atoms with van der Waals surface area (Å²) in [5.41, 5.74) is 0. The zero-order valence-corrected chi connectivity index (χ0v) is 27.6. The maximum absolute atomic E-state index is 11.8. The Bertz CT molecular complexity index is 995. The largest absolute Gasteiger partial charge is 0.469 e. The summed E-state index contributed by atoms with van der Waals surface area (Å²) in [5, 5.41) is 95.8. The van der Waals surface area contributed by atoms with E-state index in [9.17, 15) is 55.5 Å². The zero-order valence-electron chi connectivity index (χ0n) is 27.6. The molecule has 49 heavy (non-hydrogen) atoms. The molecule has 0 aromatic carbocycles. The van der Waals surface area contributed by atoms with E-state index in [0.717, 1.165) is 39.0 Å². The molecule has 0 aromatic rings. The third-order valence-electron chi connectivity index (χ3n) is 8.74. The lowest BCUT2D eigenvalue weighted by Gasteiger charge is -2.47. The molecule has 19 heteroatoms. The normalized spacial score (nSPS) is 39.8. The van der Waals surface area contributed by atoms with Gasteiger partial charge in [0, 0.05) is 20.0 Å². The van der Waals surface area contributed by atoms with Gasteiger partial charge in [-0.15, -0.1) is 0 Å². The van der Waals surface area contributed by atoms with E-state index in [1.54, 1.807) is 0 Å². The summed E-state index contributed by atoms with van der Waals surface area (Å²) >= 11 is 0. The van der Waals surface area contributed by atoms with Crippen molar-refractivity contribution in [2.75, 3.05) is 33.5 Å². The summed E-state index contributed by atoms with van der Waals surface area (Å²) in [6.07, 6.45) is -16.9. The summed E-state index contributed by atoms with van der Waals surface area (Å²) in [6, 6.07) is -1.42. The van der Waals surface area contributed by atoms with Crippen LogP contribution in [0, 0.1) is 0 Å². The highest BCUT2D eigenvalue weighted by molar-refractivity contribution is 5.73. The first-order valence-electron chi connectivity index (χ1n) is 16.5. The van der Waals surface area contributed by atoms with Crippen LogP contribution in [-0.4, -0.2) is 183 Å². The van der Waals surface area contributed by atoms with Gasteiger partial charge in [0.05, 0.1) is 26.9 Å². The molecule has 3 heterocycles. The van der Waals surface area contributed by atoms with Crippen LogP contribution >= 0.6 is 0 Å². The van der Waals surface area contributed by atoms with Gasteiger partial charge in [-0.05, 0) is 12.8 Å². The van der Waals surface area contributed by atoms with Crippen molar-refractivity contribution in [1.29, 1.82) is 0 Å². The van der Waals surface area contributed by atoms with Gasteiger partial charge in [-0.2, -0.15) is 0 Å². The van der Waals surface area contributed by atoms with Crippen LogP contribution in [0.2, 0.25) is 0 Å². The predicted molar refractivity (Wildman–Crippen MR) is 161 cm³/mol. The third-order valence-corrected chi connectivity index (χ3v) is 8.74. The summed E-state index contributed by atoms with van der Waals surface area (Å²) in [5.74, 6) is -0.886. The smallest absolute Gasteiger partial charge is 0.305 e. The van der Waals surface area contributed by atoms with Gasteiger partial charge in [0.2, 0.25) is 5.91 Å². The fraction of sp³-hybridized carbons (Fsp3) is 0.933. The van der Waals surface area contributed by atoms with Crippen molar-refractivity contribution in [2.45, 2.75) is 144 Å². The summed E-state index contributed by atoms with van der Waals surface area (Å²) < 4.78 is 38.7.